The molecule has 3 fully saturated rings. The predicted molar refractivity (Wildman–Crippen MR) is 99.3 cm³/mol. The summed E-state index contributed by atoms with van der Waals surface area (Å²) < 4.78 is 16.1. The Hall–Kier alpha value is -2.44. The Labute approximate surface area is 169 Å². The summed E-state index contributed by atoms with van der Waals surface area (Å²) in [6.07, 6.45) is 4.27. The first kappa shape index (κ1) is 19.9. The molecule has 3 aliphatic rings. The van der Waals surface area contributed by atoms with Crippen LogP contribution in [-0.4, -0.2) is 30.1 Å². The number of furan rings is 1. The molecular formula is C22H26O7. The lowest BCUT2D eigenvalue weighted by atomic mass is 9.43. The normalized spacial score (nSPS) is 41.7. The van der Waals surface area contributed by atoms with Crippen molar-refractivity contribution in [2.24, 2.45) is 28.6 Å². The molecule has 0 radical (unpaired) electrons. The van der Waals surface area contributed by atoms with Gasteiger partial charge in [-0.3, -0.25) is 14.4 Å². The van der Waals surface area contributed by atoms with E-state index in [-0.39, 0.29) is 18.2 Å². The van der Waals surface area contributed by atoms with Crippen LogP contribution in [0, 0.1) is 28.6 Å². The van der Waals surface area contributed by atoms with Crippen molar-refractivity contribution in [2.75, 3.05) is 0 Å². The zero-order chi connectivity index (χ0) is 21.0. The Balaban J connectivity index is 1.77. The maximum Gasteiger partial charge on any atom is 0.310 e. The lowest BCUT2D eigenvalue weighted by Gasteiger charge is -2.60. The first-order valence-electron chi connectivity index (χ1n) is 10.1. The molecule has 4 rings (SSSR count). The summed E-state index contributed by atoms with van der Waals surface area (Å²) in [7, 11) is 0. The number of Topliss-reactive ketones (excluding diaryl/α,β-unsaturated/α-hetero) is 1. The topological polar surface area (TPSA) is 99.9 Å². The Morgan fingerprint density at radius 3 is 2.66 bits per heavy atom. The van der Waals surface area contributed by atoms with E-state index in [2.05, 4.69) is 0 Å². The molecule has 2 saturated carbocycles. The van der Waals surface area contributed by atoms with Crippen molar-refractivity contribution >= 4 is 24.0 Å². The predicted octanol–water partition coefficient (Wildman–Crippen LogP) is 3.03. The quantitative estimate of drug-likeness (QED) is 0.566. The second-order valence-corrected chi connectivity index (χ2v) is 9.20. The second kappa shape index (κ2) is 6.82. The standard InChI is InChI=1S/C22H26O7/c1-12(24)28-16-8-14(10-23)21(2)6-4-15-20(26)29-17(13-5-7-27-11-13)9-22(15,3)19(21)18(16)25/h5,7,10-11,14-17,19H,4,6,8-9H2,1-3H3/t14-,15?,16-,17-,19?,21-,22-/m0/s1. The van der Waals surface area contributed by atoms with Gasteiger partial charge in [-0.15, -0.1) is 0 Å². The van der Waals surface area contributed by atoms with Gasteiger partial charge in [0.05, 0.1) is 18.4 Å². The van der Waals surface area contributed by atoms with Gasteiger partial charge in [0.2, 0.25) is 0 Å². The highest BCUT2D eigenvalue weighted by Crippen LogP contribution is 2.64. The van der Waals surface area contributed by atoms with E-state index in [0.717, 1.165) is 11.8 Å². The van der Waals surface area contributed by atoms with Gasteiger partial charge in [-0.1, -0.05) is 13.8 Å². The van der Waals surface area contributed by atoms with Crippen LogP contribution in [-0.2, 0) is 28.7 Å². The van der Waals surface area contributed by atoms with Crippen LogP contribution in [0.5, 0.6) is 0 Å². The fourth-order valence-electron chi connectivity index (χ4n) is 6.21. The number of hydrogen-bond acceptors (Lipinski definition) is 7. The molecule has 1 aromatic rings. The smallest absolute Gasteiger partial charge is 0.310 e. The SMILES string of the molecule is CC(=O)O[C@H]1C[C@@H](C=O)[C@]2(C)CCC3C(=O)O[C@H](c4ccoc4)C[C@]3(C)C2C1=O. The van der Waals surface area contributed by atoms with Gasteiger partial charge in [0, 0.05) is 30.7 Å². The monoisotopic (exact) mass is 402 g/mol. The number of ketones is 1. The summed E-state index contributed by atoms with van der Waals surface area (Å²) in [5.74, 6) is -2.49. The Bertz CT molecular complexity index is 843. The van der Waals surface area contributed by atoms with Gasteiger partial charge in [0.25, 0.3) is 0 Å². The van der Waals surface area contributed by atoms with E-state index in [9.17, 15) is 19.2 Å². The third kappa shape index (κ3) is 2.93. The molecule has 7 heteroatoms. The minimum absolute atomic E-state index is 0.186. The number of hydrogen-bond donors (Lipinski definition) is 0. The molecule has 2 unspecified atom stereocenters. The van der Waals surface area contributed by atoms with Gasteiger partial charge in [0.1, 0.15) is 12.4 Å². The van der Waals surface area contributed by atoms with E-state index in [1.54, 1.807) is 12.3 Å². The van der Waals surface area contributed by atoms with Crippen LogP contribution in [0.4, 0.5) is 0 Å². The highest BCUT2D eigenvalue weighted by molar-refractivity contribution is 5.92. The van der Waals surface area contributed by atoms with Crippen LogP contribution in [0.1, 0.15) is 58.1 Å². The van der Waals surface area contributed by atoms with Gasteiger partial charge < -0.3 is 18.7 Å². The molecule has 0 N–H and O–H groups in total. The summed E-state index contributed by atoms with van der Waals surface area (Å²) in [5, 5.41) is 0. The van der Waals surface area contributed by atoms with Crippen LogP contribution >= 0.6 is 0 Å². The molecule has 29 heavy (non-hydrogen) atoms. The third-order valence-corrected chi connectivity index (χ3v) is 7.56. The average molecular weight is 402 g/mol. The minimum atomic E-state index is -0.957. The number of fused-ring (bicyclic) bond motifs is 3. The van der Waals surface area contributed by atoms with Crippen LogP contribution in [0.3, 0.4) is 0 Å². The lowest BCUT2D eigenvalue weighted by Crippen LogP contribution is -2.64. The van der Waals surface area contributed by atoms with Crippen molar-refractivity contribution < 1.29 is 33.1 Å². The number of rotatable bonds is 3. The third-order valence-electron chi connectivity index (χ3n) is 7.56. The van der Waals surface area contributed by atoms with E-state index < -0.39 is 46.8 Å². The Morgan fingerprint density at radius 1 is 1.28 bits per heavy atom. The maximum absolute atomic E-state index is 13.6. The fourth-order valence-corrected chi connectivity index (χ4v) is 6.21. The molecular weight excluding hydrogens is 376 g/mol. The van der Waals surface area contributed by atoms with Crippen molar-refractivity contribution in [3.05, 3.63) is 24.2 Å². The largest absolute Gasteiger partial charge is 0.472 e. The number of carbonyl (C=O) groups excluding carboxylic acids is 4. The molecule has 1 aliphatic heterocycles. The van der Waals surface area contributed by atoms with Gasteiger partial charge in [-0.05, 0) is 36.2 Å². The summed E-state index contributed by atoms with van der Waals surface area (Å²) in [5.41, 5.74) is -0.544. The average Bonchev–Trinajstić information content (AvgIpc) is 3.17. The van der Waals surface area contributed by atoms with Crippen molar-refractivity contribution in [3.8, 4) is 0 Å². The molecule has 7 atom stereocenters. The number of esters is 2. The summed E-state index contributed by atoms with van der Waals surface area (Å²) in [4.78, 5) is 50.0. The molecule has 1 aromatic heterocycles. The zero-order valence-corrected chi connectivity index (χ0v) is 16.9. The van der Waals surface area contributed by atoms with E-state index in [0.29, 0.717) is 19.3 Å². The number of carbonyl (C=O) groups is 4. The molecule has 7 nitrogen and oxygen atoms in total. The summed E-state index contributed by atoms with van der Waals surface area (Å²) in [6, 6.07) is 1.75. The molecule has 2 aliphatic carbocycles. The van der Waals surface area contributed by atoms with Gasteiger partial charge in [0.15, 0.2) is 11.9 Å². The zero-order valence-electron chi connectivity index (χ0n) is 16.9. The molecule has 1 saturated heterocycles. The van der Waals surface area contributed by atoms with Crippen molar-refractivity contribution in [1.82, 2.24) is 0 Å². The molecule has 156 valence electrons. The first-order valence-corrected chi connectivity index (χ1v) is 10.1. The van der Waals surface area contributed by atoms with Crippen LogP contribution in [0.25, 0.3) is 0 Å². The van der Waals surface area contributed by atoms with Crippen molar-refractivity contribution in [2.45, 2.75) is 58.7 Å². The van der Waals surface area contributed by atoms with E-state index >= 15 is 0 Å². The van der Waals surface area contributed by atoms with Gasteiger partial charge in [-0.2, -0.15) is 0 Å². The molecule has 2 heterocycles. The molecule has 0 bridgehead atoms. The van der Waals surface area contributed by atoms with Gasteiger partial charge in [-0.25, -0.2) is 0 Å². The number of cyclic esters (lactones) is 1. The number of aldehydes is 1. The maximum atomic E-state index is 13.6. The molecule has 0 amide bonds. The van der Waals surface area contributed by atoms with Crippen LogP contribution in [0.2, 0.25) is 0 Å². The molecule has 0 aromatic carbocycles. The van der Waals surface area contributed by atoms with E-state index in [4.69, 9.17) is 13.9 Å². The van der Waals surface area contributed by atoms with Crippen LogP contribution < -0.4 is 0 Å². The Kier molecular flexibility index (Phi) is 4.67. The first-order chi connectivity index (χ1) is 13.7. The summed E-state index contributed by atoms with van der Waals surface area (Å²) in [6.45, 7) is 5.17. The molecule has 0 spiro atoms. The highest BCUT2D eigenvalue weighted by Gasteiger charge is 2.66. The fraction of sp³-hybridized carbons (Fsp3) is 0.636. The van der Waals surface area contributed by atoms with E-state index in [1.807, 2.05) is 13.8 Å². The summed E-state index contributed by atoms with van der Waals surface area (Å²) >= 11 is 0. The lowest BCUT2D eigenvalue weighted by molar-refractivity contribution is -0.206. The van der Waals surface area contributed by atoms with Crippen molar-refractivity contribution in [3.63, 3.8) is 0 Å². The second-order valence-electron chi connectivity index (χ2n) is 9.20. The van der Waals surface area contributed by atoms with Crippen molar-refractivity contribution in [1.29, 1.82) is 0 Å². The highest BCUT2D eigenvalue weighted by atomic mass is 16.6. The number of ether oxygens (including phenoxy) is 2. The Morgan fingerprint density at radius 2 is 2.03 bits per heavy atom. The van der Waals surface area contributed by atoms with Gasteiger partial charge >= 0.3 is 11.9 Å². The van der Waals surface area contributed by atoms with E-state index in [1.165, 1.54) is 13.2 Å². The van der Waals surface area contributed by atoms with Crippen LogP contribution in [0.15, 0.2) is 23.0 Å². The minimum Gasteiger partial charge on any atom is -0.472 e.